The van der Waals surface area contributed by atoms with Crippen LogP contribution in [0.25, 0.3) is 6.08 Å². The van der Waals surface area contributed by atoms with Crippen molar-refractivity contribution in [1.82, 2.24) is 0 Å². The third kappa shape index (κ3) is 8.50. The number of allylic oxidation sites excluding steroid dienone is 6. The van der Waals surface area contributed by atoms with Crippen molar-refractivity contribution >= 4 is 19.6 Å². The standard InChI is InChI=1S/C19H17N3O.H3O4P/c1-14-10-16(17(12-20)13-21)11-19(23-14)9-6-15-4-7-18(8-5-15)22(2)3;1-5(2,3)4/h4-11H,1-3H3;(H3,1,2,3,4)/b9-6+;. The quantitative estimate of drug-likeness (QED) is 0.519. The number of nitrogens with zero attached hydrogens (tertiary/aromatic N) is 3. The van der Waals surface area contributed by atoms with Crippen LogP contribution in [0.1, 0.15) is 12.5 Å². The highest BCUT2D eigenvalue weighted by Gasteiger charge is 2.10. The van der Waals surface area contributed by atoms with Gasteiger partial charge in [0.1, 0.15) is 29.2 Å². The van der Waals surface area contributed by atoms with Crippen LogP contribution >= 0.6 is 7.82 Å². The molecule has 1 aromatic carbocycles. The van der Waals surface area contributed by atoms with E-state index in [1.54, 1.807) is 19.1 Å². The summed E-state index contributed by atoms with van der Waals surface area (Å²) in [5.41, 5.74) is 2.82. The molecule has 0 saturated carbocycles. The molecule has 8 nitrogen and oxygen atoms in total. The molecular formula is C19H20N3O5P. The number of anilines is 1. The van der Waals surface area contributed by atoms with Crippen molar-refractivity contribution in [2.24, 2.45) is 0 Å². The molecule has 28 heavy (non-hydrogen) atoms. The van der Waals surface area contributed by atoms with Gasteiger partial charge in [0, 0.05) is 25.4 Å². The average molecular weight is 401 g/mol. The van der Waals surface area contributed by atoms with Gasteiger partial charge in [-0.3, -0.25) is 0 Å². The molecule has 1 heterocycles. The fourth-order valence-corrected chi connectivity index (χ4v) is 2.10. The second kappa shape index (κ2) is 10.3. The third-order valence-electron chi connectivity index (χ3n) is 3.30. The van der Waals surface area contributed by atoms with E-state index in [1.807, 2.05) is 67.6 Å². The minimum absolute atomic E-state index is 0.0777. The van der Waals surface area contributed by atoms with Crippen LogP contribution in [0.4, 0.5) is 5.69 Å². The van der Waals surface area contributed by atoms with E-state index in [4.69, 9.17) is 34.5 Å². The molecule has 9 heteroatoms. The molecule has 146 valence electrons. The van der Waals surface area contributed by atoms with E-state index < -0.39 is 7.82 Å². The van der Waals surface area contributed by atoms with Crippen LogP contribution in [-0.4, -0.2) is 28.8 Å². The van der Waals surface area contributed by atoms with Crippen molar-refractivity contribution in [2.45, 2.75) is 6.92 Å². The van der Waals surface area contributed by atoms with Gasteiger partial charge in [-0.05, 0) is 42.8 Å². The summed E-state index contributed by atoms with van der Waals surface area (Å²) in [4.78, 5) is 23.6. The van der Waals surface area contributed by atoms with Crippen molar-refractivity contribution in [3.63, 3.8) is 0 Å². The molecule has 0 saturated heterocycles. The smallest absolute Gasteiger partial charge is 0.462 e. The van der Waals surface area contributed by atoms with E-state index in [9.17, 15) is 0 Å². The SMILES string of the molecule is CC1=CC(=C(C#N)C#N)C=C(/C=C/c2ccc(N(C)C)cc2)O1.O=P(O)(O)O. The number of phosphoric acid groups is 1. The lowest BCUT2D eigenvalue weighted by Gasteiger charge is -2.13. The fraction of sp³-hybridized carbons (Fsp3) is 0.158. The average Bonchev–Trinajstić information content (AvgIpc) is 2.59. The zero-order valence-corrected chi connectivity index (χ0v) is 16.5. The summed E-state index contributed by atoms with van der Waals surface area (Å²) < 4.78 is 14.5. The Morgan fingerprint density at radius 1 is 1.07 bits per heavy atom. The van der Waals surface area contributed by atoms with E-state index in [-0.39, 0.29) is 5.57 Å². The Kier molecular flexibility index (Phi) is 8.40. The Hall–Kier alpha value is -3.13. The molecule has 0 spiro atoms. The molecule has 0 bridgehead atoms. The van der Waals surface area contributed by atoms with Gasteiger partial charge in [0.25, 0.3) is 0 Å². The van der Waals surface area contributed by atoms with E-state index >= 15 is 0 Å². The van der Waals surface area contributed by atoms with E-state index in [0.29, 0.717) is 17.1 Å². The first-order valence-corrected chi connectivity index (χ1v) is 9.46. The molecule has 0 fully saturated rings. The van der Waals surface area contributed by atoms with Crippen LogP contribution in [0.3, 0.4) is 0 Å². The second-order valence-electron chi connectivity index (χ2n) is 5.79. The Bertz CT molecular complexity index is 931. The van der Waals surface area contributed by atoms with Crippen molar-refractivity contribution in [3.8, 4) is 12.1 Å². The van der Waals surface area contributed by atoms with Crippen LogP contribution in [-0.2, 0) is 9.30 Å². The topological polar surface area (TPSA) is 138 Å². The van der Waals surface area contributed by atoms with Gasteiger partial charge >= 0.3 is 7.82 Å². The first-order valence-electron chi connectivity index (χ1n) is 7.89. The number of nitriles is 2. The molecular weight excluding hydrogens is 381 g/mol. The minimum Gasteiger partial charge on any atom is -0.462 e. The Morgan fingerprint density at radius 3 is 2.07 bits per heavy atom. The van der Waals surface area contributed by atoms with E-state index in [2.05, 4.69) is 0 Å². The monoisotopic (exact) mass is 401 g/mol. The molecule has 2 rings (SSSR count). The predicted octanol–water partition coefficient (Wildman–Crippen LogP) is 3.00. The first kappa shape index (κ1) is 22.9. The van der Waals surface area contributed by atoms with Crippen LogP contribution in [0, 0.1) is 22.7 Å². The second-order valence-corrected chi connectivity index (χ2v) is 6.82. The number of rotatable bonds is 3. The minimum atomic E-state index is -4.64. The van der Waals surface area contributed by atoms with E-state index in [1.165, 1.54) is 0 Å². The molecule has 3 N–H and O–H groups in total. The summed E-state index contributed by atoms with van der Waals surface area (Å²) in [6.07, 6.45) is 7.14. The number of benzene rings is 1. The van der Waals surface area contributed by atoms with Gasteiger partial charge in [-0.25, -0.2) is 4.57 Å². The lowest BCUT2D eigenvalue weighted by Crippen LogP contribution is -2.07. The summed E-state index contributed by atoms with van der Waals surface area (Å²) >= 11 is 0. The molecule has 1 aromatic rings. The van der Waals surface area contributed by atoms with Crippen LogP contribution in [0.2, 0.25) is 0 Å². The maximum Gasteiger partial charge on any atom is 0.466 e. The summed E-state index contributed by atoms with van der Waals surface area (Å²) in [6, 6.07) is 11.9. The zero-order chi connectivity index (χ0) is 21.3. The highest BCUT2D eigenvalue weighted by atomic mass is 31.2. The molecule has 0 aliphatic carbocycles. The summed E-state index contributed by atoms with van der Waals surface area (Å²) in [6.45, 7) is 1.79. The Labute approximate surface area is 163 Å². The largest absolute Gasteiger partial charge is 0.466 e. The predicted molar refractivity (Wildman–Crippen MR) is 105 cm³/mol. The zero-order valence-electron chi connectivity index (χ0n) is 15.6. The highest BCUT2D eigenvalue weighted by molar-refractivity contribution is 7.45. The molecule has 0 radical (unpaired) electrons. The van der Waals surface area contributed by atoms with Gasteiger partial charge < -0.3 is 24.3 Å². The lowest BCUT2D eigenvalue weighted by molar-refractivity contribution is 0.275. The van der Waals surface area contributed by atoms with Crippen molar-refractivity contribution < 1.29 is 24.0 Å². The van der Waals surface area contributed by atoms with Crippen molar-refractivity contribution in [2.75, 3.05) is 19.0 Å². The molecule has 0 unspecified atom stereocenters. The maximum atomic E-state index is 8.98. The number of hydrogen-bond donors (Lipinski definition) is 3. The van der Waals surface area contributed by atoms with Crippen LogP contribution in [0.15, 0.2) is 65.2 Å². The number of hydrogen-bond acceptors (Lipinski definition) is 5. The molecule has 0 amide bonds. The van der Waals surface area contributed by atoms with Gasteiger partial charge in [-0.1, -0.05) is 18.2 Å². The molecule has 0 aromatic heterocycles. The van der Waals surface area contributed by atoms with Crippen LogP contribution < -0.4 is 4.90 Å². The fourth-order valence-electron chi connectivity index (χ4n) is 2.10. The summed E-state index contributed by atoms with van der Waals surface area (Å²) in [7, 11) is -0.646. The molecule has 0 atom stereocenters. The highest BCUT2D eigenvalue weighted by Crippen LogP contribution is 2.26. The lowest BCUT2D eigenvalue weighted by atomic mass is 10.1. The summed E-state index contributed by atoms with van der Waals surface area (Å²) in [5, 5.41) is 18.0. The Balaban J connectivity index is 0.000000696. The molecule has 1 aliphatic heterocycles. The van der Waals surface area contributed by atoms with Crippen molar-refractivity contribution in [3.05, 3.63) is 70.7 Å². The maximum absolute atomic E-state index is 8.98. The van der Waals surface area contributed by atoms with Gasteiger partial charge in [-0.2, -0.15) is 10.5 Å². The summed E-state index contributed by atoms with van der Waals surface area (Å²) in [5.74, 6) is 1.24. The molecule has 1 aliphatic rings. The normalized spacial score (nSPS) is 13.2. The van der Waals surface area contributed by atoms with Gasteiger partial charge in [0.05, 0.1) is 0 Å². The van der Waals surface area contributed by atoms with E-state index in [0.717, 1.165) is 11.3 Å². The van der Waals surface area contributed by atoms with Gasteiger partial charge in [0.2, 0.25) is 0 Å². The van der Waals surface area contributed by atoms with Gasteiger partial charge in [-0.15, -0.1) is 0 Å². The Morgan fingerprint density at radius 2 is 1.61 bits per heavy atom. The number of ether oxygens (including phenoxy) is 1. The first-order chi connectivity index (χ1) is 13.0. The van der Waals surface area contributed by atoms with Crippen molar-refractivity contribution in [1.29, 1.82) is 10.5 Å². The van der Waals surface area contributed by atoms with Crippen LogP contribution in [0.5, 0.6) is 0 Å². The van der Waals surface area contributed by atoms with Gasteiger partial charge in [0.15, 0.2) is 0 Å². The third-order valence-corrected chi connectivity index (χ3v) is 3.30.